The minimum absolute atomic E-state index is 0.0137. The van der Waals surface area contributed by atoms with E-state index in [1.54, 1.807) is 14.0 Å². The Kier molecular flexibility index (Phi) is 3.89. The van der Waals surface area contributed by atoms with Gasteiger partial charge in [0.15, 0.2) is 17.3 Å². The number of Topliss-reactive ketones (excluding diaryl/α,β-unsaturated/α-hetero) is 1. The summed E-state index contributed by atoms with van der Waals surface area (Å²) in [5.74, 6) is 1.27. The number of carbonyl (C=O) groups excluding carboxylic acids is 1. The molecule has 0 amide bonds. The predicted molar refractivity (Wildman–Crippen MR) is 81.2 cm³/mol. The highest BCUT2D eigenvalue weighted by molar-refractivity contribution is 5.97. The van der Waals surface area contributed by atoms with Crippen LogP contribution in [0.2, 0.25) is 0 Å². The van der Waals surface area contributed by atoms with Gasteiger partial charge in [-0.25, -0.2) is 0 Å². The summed E-state index contributed by atoms with van der Waals surface area (Å²) in [7, 11) is 3.83. The van der Waals surface area contributed by atoms with Crippen LogP contribution in [0.15, 0.2) is 18.2 Å². The van der Waals surface area contributed by atoms with Gasteiger partial charge in [0, 0.05) is 12.1 Å². The van der Waals surface area contributed by atoms with Crippen molar-refractivity contribution in [2.45, 2.75) is 50.8 Å². The van der Waals surface area contributed by atoms with Gasteiger partial charge in [0.2, 0.25) is 0 Å². The van der Waals surface area contributed by atoms with Crippen LogP contribution in [-0.4, -0.2) is 43.0 Å². The fourth-order valence-electron chi connectivity index (χ4n) is 3.70. The highest BCUT2D eigenvalue weighted by Gasteiger charge is 2.39. The lowest BCUT2D eigenvalue weighted by atomic mass is 10.00. The number of carbonyl (C=O) groups is 1. The van der Waals surface area contributed by atoms with E-state index in [0.717, 1.165) is 12.8 Å². The molecule has 0 spiro atoms. The second-order valence-electron chi connectivity index (χ2n) is 6.15. The molecular weight excluding hydrogens is 266 g/mol. The first kappa shape index (κ1) is 14.4. The number of piperidine rings is 1. The van der Waals surface area contributed by atoms with Crippen molar-refractivity contribution in [1.29, 1.82) is 0 Å². The summed E-state index contributed by atoms with van der Waals surface area (Å²) >= 11 is 0. The average Bonchev–Trinajstić information content (AvgIpc) is 2.69. The molecule has 2 saturated heterocycles. The maximum absolute atomic E-state index is 11.8. The average molecular weight is 289 g/mol. The molecular formula is C17H23NO3. The first-order valence-electron chi connectivity index (χ1n) is 7.66. The van der Waals surface area contributed by atoms with Crippen LogP contribution in [0.5, 0.6) is 11.5 Å². The Balaban J connectivity index is 1.83. The first-order chi connectivity index (χ1) is 10.1. The minimum atomic E-state index is 0.0137. The van der Waals surface area contributed by atoms with Crippen LogP contribution in [0, 0.1) is 0 Å². The smallest absolute Gasteiger partial charge is 0.172 e. The number of para-hydroxylation sites is 1. The first-order valence-corrected chi connectivity index (χ1v) is 7.66. The third kappa shape index (κ3) is 2.64. The molecule has 2 bridgehead atoms. The van der Waals surface area contributed by atoms with Crippen molar-refractivity contribution in [2.24, 2.45) is 0 Å². The van der Waals surface area contributed by atoms with Crippen molar-refractivity contribution in [3.05, 3.63) is 23.8 Å². The molecule has 2 heterocycles. The van der Waals surface area contributed by atoms with E-state index >= 15 is 0 Å². The Labute approximate surface area is 126 Å². The van der Waals surface area contributed by atoms with Crippen molar-refractivity contribution in [1.82, 2.24) is 4.90 Å². The van der Waals surface area contributed by atoms with Gasteiger partial charge in [-0.1, -0.05) is 6.07 Å². The molecule has 4 nitrogen and oxygen atoms in total. The number of hydrogen-bond acceptors (Lipinski definition) is 4. The Bertz CT molecular complexity index is 529. The van der Waals surface area contributed by atoms with Crippen LogP contribution in [0.25, 0.3) is 0 Å². The zero-order valence-electron chi connectivity index (χ0n) is 13.0. The third-order valence-corrected chi connectivity index (χ3v) is 4.92. The highest BCUT2D eigenvalue weighted by Crippen LogP contribution is 2.39. The summed E-state index contributed by atoms with van der Waals surface area (Å²) in [6.07, 6.45) is 4.75. The topological polar surface area (TPSA) is 38.8 Å². The highest BCUT2D eigenvalue weighted by atomic mass is 16.5. The minimum Gasteiger partial charge on any atom is -0.493 e. The normalized spacial score (nSPS) is 28.4. The van der Waals surface area contributed by atoms with Gasteiger partial charge in [-0.05, 0) is 51.8 Å². The van der Waals surface area contributed by atoms with E-state index in [9.17, 15) is 4.79 Å². The summed E-state index contributed by atoms with van der Waals surface area (Å²) in [5.41, 5.74) is 0.612. The second-order valence-corrected chi connectivity index (χ2v) is 6.15. The van der Waals surface area contributed by atoms with Gasteiger partial charge >= 0.3 is 0 Å². The molecule has 1 aromatic carbocycles. The van der Waals surface area contributed by atoms with Crippen LogP contribution in [0.1, 0.15) is 43.0 Å². The fraction of sp³-hybridized carbons (Fsp3) is 0.588. The molecule has 2 aliphatic heterocycles. The lowest BCUT2D eigenvalue weighted by Crippen LogP contribution is -2.44. The zero-order valence-corrected chi connectivity index (χ0v) is 13.0. The molecule has 0 saturated carbocycles. The molecule has 3 rings (SSSR count). The molecule has 1 aromatic rings. The van der Waals surface area contributed by atoms with Gasteiger partial charge in [0.05, 0.1) is 12.7 Å². The van der Waals surface area contributed by atoms with Gasteiger partial charge < -0.3 is 14.4 Å². The quantitative estimate of drug-likeness (QED) is 0.799. The number of fused-ring (bicyclic) bond motifs is 2. The summed E-state index contributed by atoms with van der Waals surface area (Å²) in [5, 5.41) is 0. The standard InChI is InChI=1S/C17H23NO3/c1-11(19)15-5-4-6-16(20-3)17(15)21-14-9-12-7-8-13(10-14)18(12)2/h4-6,12-14H,7-10H2,1-3H3. The Morgan fingerprint density at radius 3 is 2.48 bits per heavy atom. The number of ketones is 1. The van der Waals surface area contributed by atoms with Crippen molar-refractivity contribution in [3.63, 3.8) is 0 Å². The number of methoxy groups -OCH3 is 1. The zero-order chi connectivity index (χ0) is 15.0. The van der Waals surface area contributed by atoms with Crippen LogP contribution in [-0.2, 0) is 0 Å². The van der Waals surface area contributed by atoms with Crippen LogP contribution in [0.3, 0.4) is 0 Å². The Morgan fingerprint density at radius 2 is 1.90 bits per heavy atom. The van der Waals surface area contributed by atoms with Crippen LogP contribution >= 0.6 is 0 Å². The number of hydrogen-bond donors (Lipinski definition) is 0. The number of benzene rings is 1. The molecule has 0 aromatic heterocycles. The van der Waals surface area contributed by atoms with E-state index in [1.807, 2.05) is 18.2 Å². The molecule has 4 heteroatoms. The Hall–Kier alpha value is -1.55. The van der Waals surface area contributed by atoms with Gasteiger partial charge in [-0.15, -0.1) is 0 Å². The van der Waals surface area contributed by atoms with Gasteiger partial charge in [-0.2, -0.15) is 0 Å². The second kappa shape index (κ2) is 5.68. The molecule has 2 aliphatic rings. The van der Waals surface area contributed by atoms with Crippen LogP contribution < -0.4 is 9.47 Å². The third-order valence-electron chi connectivity index (χ3n) is 4.92. The molecule has 2 fully saturated rings. The van der Waals surface area contributed by atoms with Crippen molar-refractivity contribution in [2.75, 3.05) is 14.2 Å². The van der Waals surface area contributed by atoms with Gasteiger partial charge in [0.25, 0.3) is 0 Å². The number of ether oxygens (including phenoxy) is 2. The van der Waals surface area contributed by atoms with E-state index < -0.39 is 0 Å². The van der Waals surface area contributed by atoms with E-state index in [-0.39, 0.29) is 11.9 Å². The Morgan fingerprint density at radius 1 is 1.24 bits per heavy atom. The van der Waals surface area contributed by atoms with Crippen LogP contribution in [0.4, 0.5) is 0 Å². The SMILES string of the molecule is COc1cccc(C(C)=O)c1OC1CC2CCC(C1)N2C. The molecule has 2 unspecified atom stereocenters. The summed E-state index contributed by atoms with van der Waals surface area (Å²) in [6, 6.07) is 6.73. The predicted octanol–water partition coefficient (Wildman–Crippen LogP) is 2.90. The molecule has 114 valence electrons. The molecule has 2 atom stereocenters. The largest absolute Gasteiger partial charge is 0.493 e. The lowest BCUT2D eigenvalue weighted by Gasteiger charge is -2.36. The molecule has 0 radical (unpaired) electrons. The van der Waals surface area contributed by atoms with Gasteiger partial charge in [0.1, 0.15) is 6.10 Å². The van der Waals surface area contributed by atoms with Crippen molar-refractivity contribution >= 4 is 5.78 Å². The van der Waals surface area contributed by atoms with E-state index in [0.29, 0.717) is 29.1 Å². The number of rotatable bonds is 4. The summed E-state index contributed by atoms with van der Waals surface area (Å²) in [6.45, 7) is 1.57. The monoisotopic (exact) mass is 289 g/mol. The van der Waals surface area contributed by atoms with E-state index in [2.05, 4.69) is 11.9 Å². The summed E-state index contributed by atoms with van der Waals surface area (Å²) < 4.78 is 11.6. The number of nitrogens with zero attached hydrogens (tertiary/aromatic N) is 1. The summed E-state index contributed by atoms with van der Waals surface area (Å²) in [4.78, 5) is 14.3. The molecule has 0 aliphatic carbocycles. The maximum Gasteiger partial charge on any atom is 0.172 e. The maximum atomic E-state index is 11.8. The molecule has 0 N–H and O–H groups in total. The lowest BCUT2D eigenvalue weighted by molar-refractivity contribution is 0.0633. The fourth-order valence-corrected chi connectivity index (χ4v) is 3.70. The van der Waals surface area contributed by atoms with Crippen molar-refractivity contribution < 1.29 is 14.3 Å². The van der Waals surface area contributed by atoms with E-state index in [4.69, 9.17) is 9.47 Å². The van der Waals surface area contributed by atoms with E-state index in [1.165, 1.54) is 12.8 Å². The molecule has 21 heavy (non-hydrogen) atoms. The van der Waals surface area contributed by atoms with Gasteiger partial charge in [-0.3, -0.25) is 4.79 Å². The van der Waals surface area contributed by atoms with Crippen molar-refractivity contribution in [3.8, 4) is 11.5 Å².